The van der Waals surface area contributed by atoms with Gasteiger partial charge in [-0.25, -0.2) is 0 Å². The van der Waals surface area contributed by atoms with E-state index in [4.69, 9.17) is 9.52 Å². The van der Waals surface area contributed by atoms with E-state index in [0.29, 0.717) is 12.3 Å². The van der Waals surface area contributed by atoms with Gasteiger partial charge in [-0.2, -0.15) is 0 Å². The number of aryl methyl sites for hydroxylation is 3. The highest BCUT2D eigenvalue weighted by atomic mass is 16.4. The van der Waals surface area contributed by atoms with E-state index in [1.165, 1.54) is 0 Å². The molecule has 1 aliphatic heterocycles. The van der Waals surface area contributed by atoms with Crippen LogP contribution in [0.2, 0.25) is 0 Å². The Hall–Kier alpha value is -2.30. The Morgan fingerprint density at radius 3 is 2.58 bits per heavy atom. The average Bonchev–Trinajstić information content (AvgIpc) is 2.89. The van der Waals surface area contributed by atoms with Gasteiger partial charge in [-0.3, -0.25) is 9.59 Å². The van der Waals surface area contributed by atoms with Crippen molar-refractivity contribution in [3.63, 3.8) is 0 Å². The molecule has 2 aromatic rings. The number of furan rings is 1. The number of carboxylic acid groups (broad SMARTS) is 1. The van der Waals surface area contributed by atoms with E-state index >= 15 is 0 Å². The van der Waals surface area contributed by atoms with Crippen molar-refractivity contribution in [3.8, 4) is 0 Å². The SMILES string of the molecule is Cc1ccc(C)c2c(C)c(C(=O)N3CCCC[C@@H]3CC(=O)O)oc12. The number of carboxylic acids is 1. The van der Waals surface area contributed by atoms with Crippen molar-refractivity contribution in [1.29, 1.82) is 0 Å². The summed E-state index contributed by atoms with van der Waals surface area (Å²) in [6.45, 7) is 6.46. The fourth-order valence-corrected chi connectivity index (χ4v) is 3.69. The summed E-state index contributed by atoms with van der Waals surface area (Å²) in [5.74, 6) is -0.708. The largest absolute Gasteiger partial charge is 0.481 e. The van der Waals surface area contributed by atoms with Crippen molar-refractivity contribution in [1.82, 2.24) is 4.90 Å². The van der Waals surface area contributed by atoms with Gasteiger partial charge < -0.3 is 14.4 Å². The Labute approximate surface area is 141 Å². The van der Waals surface area contributed by atoms with E-state index in [1.54, 1.807) is 4.90 Å². The molecule has 0 spiro atoms. The lowest BCUT2D eigenvalue weighted by Crippen LogP contribution is -2.44. The molecule has 1 atom stereocenters. The molecule has 0 bridgehead atoms. The van der Waals surface area contributed by atoms with Crippen molar-refractivity contribution in [2.24, 2.45) is 0 Å². The van der Waals surface area contributed by atoms with Crippen LogP contribution in [-0.2, 0) is 4.79 Å². The first-order valence-corrected chi connectivity index (χ1v) is 8.42. The number of hydrogen-bond acceptors (Lipinski definition) is 3. The Balaban J connectivity index is 2.01. The van der Waals surface area contributed by atoms with Gasteiger partial charge in [0.1, 0.15) is 5.58 Å². The second-order valence-corrected chi connectivity index (χ2v) is 6.71. The number of amides is 1. The van der Waals surface area contributed by atoms with E-state index in [-0.39, 0.29) is 18.4 Å². The zero-order valence-electron chi connectivity index (χ0n) is 14.4. The first-order valence-electron chi connectivity index (χ1n) is 8.42. The lowest BCUT2D eigenvalue weighted by atomic mass is 9.98. The Bertz CT molecular complexity index is 805. The summed E-state index contributed by atoms with van der Waals surface area (Å²) in [7, 11) is 0. The summed E-state index contributed by atoms with van der Waals surface area (Å²) in [6.07, 6.45) is 2.58. The van der Waals surface area contributed by atoms with Crippen LogP contribution in [0.5, 0.6) is 0 Å². The lowest BCUT2D eigenvalue weighted by Gasteiger charge is -2.34. The summed E-state index contributed by atoms with van der Waals surface area (Å²) in [5.41, 5.74) is 3.67. The number of benzene rings is 1. The summed E-state index contributed by atoms with van der Waals surface area (Å²) in [6, 6.07) is 3.77. The third-order valence-electron chi connectivity index (χ3n) is 4.98. The average molecular weight is 329 g/mol. The third-order valence-corrected chi connectivity index (χ3v) is 4.98. The molecule has 0 aliphatic carbocycles. The highest BCUT2D eigenvalue weighted by molar-refractivity contribution is 6.00. The number of carbonyl (C=O) groups is 2. The maximum Gasteiger partial charge on any atom is 0.305 e. The summed E-state index contributed by atoms with van der Waals surface area (Å²) in [4.78, 5) is 25.8. The Kier molecular flexibility index (Phi) is 4.35. The minimum atomic E-state index is -0.868. The van der Waals surface area contributed by atoms with Crippen LogP contribution >= 0.6 is 0 Å². The van der Waals surface area contributed by atoms with Crippen LogP contribution in [0.4, 0.5) is 0 Å². The standard InChI is InChI=1S/C19H23NO4/c1-11-7-8-12(2)17-16(11)13(3)18(24-17)19(23)20-9-5-4-6-14(20)10-15(21)22/h7-8,14H,4-6,9-10H2,1-3H3,(H,21,22)/t14-/m1/s1. The van der Waals surface area contributed by atoms with Gasteiger partial charge in [0.2, 0.25) is 0 Å². The van der Waals surface area contributed by atoms with Gasteiger partial charge in [0.05, 0.1) is 6.42 Å². The van der Waals surface area contributed by atoms with E-state index in [9.17, 15) is 9.59 Å². The molecule has 24 heavy (non-hydrogen) atoms. The summed E-state index contributed by atoms with van der Waals surface area (Å²) < 4.78 is 5.94. The van der Waals surface area contributed by atoms with Crippen molar-refractivity contribution in [2.75, 3.05) is 6.54 Å². The minimum absolute atomic E-state index is 0.0108. The highest BCUT2D eigenvalue weighted by Gasteiger charge is 2.32. The van der Waals surface area contributed by atoms with Crippen LogP contribution in [0.3, 0.4) is 0 Å². The first kappa shape index (κ1) is 16.6. The third kappa shape index (κ3) is 2.79. The van der Waals surface area contributed by atoms with Crippen molar-refractivity contribution in [2.45, 2.75) is 52.5 Å². The van der Waals surface area contributed by atoms with Crippen molar-refractivity contribution in [3.05, 3.63) is 34.6 Å². The molecule has 1 amide bonds. The van der Waals surface area contributed by atoms with Gasteiger partial charge in [-0.05, 0) is 51.2 Å². The second kappa shape index (κ2) is 6.30. The fraction of sp³-hybridized carbons (Fsp3) is 0.474. The normalized spacial score (nSPS) is 18.1. The molecular formula is C19H23NO4. The smallest absolute Gasteiger partial charge is 0.305 e. The Morgan fingerprint density at radius 1 is 1.21 bits per heavy atom. The molecule has 1 fully saturated rings. The number of fused-ring (bicyclic) bond motifs is 1. The van der Waals surface area contributed by atoms with Crippen LogP contribution in [0.1, 0.15) is 52.9 Å². The Morgan fingerprint density at radius 2 is 1.92 bits per heavy atom. The number of hydrogen-bond donors (Lipinski definition) is 1. The van der Waals surface area contributed by atoms with E-state index in [1.807, 2.05) is 32.9 Å². The second-order valence-electron chi connectivity index (χ2n) is 6.71. The first-order chi connectivity index (χ1) is 11.4. The summed E-state index contributed by atoms with van der Waals surface area (Å²) >= 11 is 0. The predicted molar refractivity (Wildman–Crippen MR) is 91.4 cm³/mol. The number of carbonyl (C=O) groups excluding carboxylic acids is 1. The number of piperidine rings is 1. The number of likely N-dealkylation sites (tertiary alicyclic amines) is 1. The molecule has 0 radical (unpaired) electrons. The van der Waals surface area contributed by atoms with Gasteiger partial charge >= 0.3 is 5.97 Å². The molecule has 1 aromatic carbocycles. The van der Waals surface area contributed by atoms with Gasteiger partial charge in [-0.1, -0.05) is 12.1 Å². The van der Waals surface area contributed by atoms with Crippen LogP contribution in [0, 0.1) is 20.8 Å². The number of rotatable bonds is 3. The van der Waals surface area contributed by atoms with Crippen molar-refractivity contribution < 1.29 is 19.1 Å². The molecule has 1 aliphatic rings. The van der Waals surface area contributed by atoms with E-state index < -0.39 is 5.97 Å². The summed E-state index contributed by atoms with van der Waals surface area (Å²) in [5, 5.41) is 10.1. The topological polar surface area (TPSA) is 70.8 Å². The fourth-order valence-electron chi connectivity index (χ4n) is 3.69. The van der Waals surface area contributed by atoms with Crippen molar-refractivity contribution >= 4 is 22.8 Å². The molecule has 1 aromatic heterocycles. The van der Waals surface area contributed by atoms with Gasteiger partial charge in [0.25, 0.3) is 5.91 Å². The van der Waals surface area contributed by atoms with Crippen LogP contribution in [-0.4, -0.2) is 34.5 Å². The molecule has 128 valence electrons. The molecule has 3 rings (SSSR count). The predicted octanol–water partition coefficient (Wildman–Crippen LogP) is 3.83. The number of aliphatic carboxylic acids is 1. The van der Waals surface area contributed by atoms with Gasteiger partial charge in [0, 0.05) is 23.5 Å². The molecule has 1 N–H and O–H groups in total. The van der Waals surface area contributed by atoms with Gasteiger partial charge in [0.15, 0.2) is 5.76 Å². The quantitative estimate of drug-likeness (QED) is 0.929. The molecule has 5 nitrogen and oxygen atoms in total. The maximum absolute atomic E-state index is 13.0. The van der Waals surface area contributed by atoms with Gasteiger partial charge in [-0.15, -0.1) is 0 Å². The number of nitrogens with zero attached hydrogens (tertiary/aromatic N) is 1. The molecule has 5 heteroatoms. The molecule has 0 unspecified atom stereocenters. The molecule has 2 heterocycles. The van der Waals surface area contributed by atoms with Crippen LogP contribution in [0.25, 0.3) is 11.0 Å². The zero-order chi connectivity index (χ0) is 17.4. The minimum Gasteiger partial charge on any atom is -0.481 e. The zero-order valence-corrected chi connectivity index (χ0v) is 14.4. The molecular weight excluding hydrogens is 306 g/mol. The molecule has 0 saturated carbocycles. The van der Waals surface area contributed by atoms with Crippen LogP contribution in [0.15, 0.2) is 16.5 Å². The highest BCUT2D eigenvalue weighted by Crippen LogP contribution is 2.32. The monoisotopic (exact) mass is 329 g/mol. The maximum atomic E-state index is 13.0. The lowest BCUT2D eigenvalue weighted by molar-refractivity contribution is -0.138. The van der Waals surface area contributed by atoms with Crippen LogP contribution < -0.4 is 0 Å². The molecule has 1 saturated heterocycles. The van der Waals surface area contributed by atoms with E-state index in [2.05, 4.69) is 0 Å². The van der Waals surface area contributed by atoms with E-state index in [0.717, 1.165) is 46.9 Å².